The maximum atomic E-state index is 10.2. The summed E-state index contributed by atoms with van der Waals surface area (Å²) < 4.78 is 0. The van der Waals surface area contributed by atoms with Gasteiger partial charge in [-0.25, -0.2) is 4.79 Å². The Morgan fingerprint density at radius 2 is 1.82 bits per heavy atom. The molecule has 11 heavy (non-hydrogen) atoms. The second-order valence-electron chi connectivity index (χ2n) is 1.68. The molecule has 0 aromatic carbocycles. The topological polar surface area (TPSA) is 121 Å². The number of amides is 1. The Kier molecular flexibility index (Phi) is 3.22. The minimum Gasteiger partial charge on any atom is -0.478 e. The number of rotatable bonds is 3. The summed E-state index contributed by atoms with van der Waals surface area (Å²) in [6, 6.07) is 0. The van der Waals surface area contributed by atoms with Crippen molar-refractivity contribution in [2.24, 2.45) is 5.73 Å². The van der Waals surface area contributed by atoms with E-state index in [0.29, 0.717) is 6.08 Å². The third-order valence-electron chi connectivity index (χ3n) is 0.842. The van der Waals surface area contributed by atoms with Crippen molar-refractivity contribution in [3.8, 4) is 0 Å². The zero-order valence-corrected chi connectivity index (χ0v) is 5.39. The highest BCUT2D eigenvalue weighted by Gasteiger charge is 2.14. The highest BCUT2D eigenvalue weighted by molar-refractivity contribution is 5.98. The number of aliphatic carboxylic acids is 1. The van der Waals surface area contributed by atoms with Crippen molar-refractivity contribution in [3.63, 3.8) is 0 Å². The zero-order valence-electron chi connectivity index (χ0n) is 5.39. The molecule has 0 rings (SSSR count). The Morgan fingerprint density at radius 3 is 1.91 bits per heavy atom. The highest BCUT2D eigenvalue weighted by atomic mass is 16.5. The fraction of sp³-hybridized carbons (Fsp3) is 0.200. The molecule has 0 saturated carbocycles. The molecule has 5 N–H and O–H groups in total. The van der Waals surface area contributed by atoms with E-state index in [-0.39, 0.29) is 0 Å². The molecule has 62 valence electrons. The van der Waals surface area contributed by atoms with E-state index in [9.17, 15) is 9.59 Å². The molecule has 0 aromatic rings. The predicted octanol–water partition coefficient (Wildman–Crippen LogP) is -2.21. The summed E-state index contributed by atoms with van der Waals surface area (Å²) in [5, 5.41) is 24.8. The van der Waals surface area contributed by atoms with E-state index in [4.69, 9.17) is 15.3 Å². The molecule has 0 radical (unpaired) electrons. The minimum absolute atomic E-state index is 0.340. The summed E-state index contributed by atoms with van der Waals surface area (Å²) in [7, 11) is 0. The molecule has 0 saturated heterocycles. The van der Waals surface area contributed by atoms with Gasteiger partial charge in [0, 0.05) is 6.08 Å². The van der Waals surface area contributed by atoms with Crippen LogP contribution in [-0.2, 0) is 9.59 Å². The van der Waals surface area contributed by atoms with Gasteiger partial charge in [-0.15, -0.1) is 0 Å². The molecule has 0 atom stereocenters. The number of aliphatic hydroxyl groups excluding tert-OH is 1. The average molecular weight is 161 g/mol. The number of carboxylic acids is 1. The van der Waals surface area contributed by atoms with Gasteiger partial charge in [0.1, 0.15) is 0 Å². The van der Waals surface area contributed by atoms with Crippen LogP contribution >= 0.6 is 0 Å². The van der Waals surface area contributed by atoms with Gasteiger partial charge in [-0.1, -0.05) is 0 Å². The molecule has 0 aromatic heterocycles. The lowest BCUT2D eigenvalue weighted by molar-refractivity contribution is -0.132. The summed E-state index contributed by atoms with van der Waals surface area (Å²) in [4.78, 5) is 20.2. The van der Waals surface area contributed by atoms with Crippen LogP contribution in [0.15, 0.2) is 11.6 Å². The number of carboxylic acid groups (broad SMARTS) is 1. The molecule has 6 nitrogen and oxygen atoms in total. The van der Waals surface area contributed by atoms with Gasteiger partial charge in [0.15, 0.2) is 6.29 Å². The first-order valence-corrected chi connectivity index (χ1v) is 2.55. The molecule has 0 aliphatic carbocycles. The largest absolute Gasteiger partial charge is 0.478 e. The molecule has 0 aliphatic rings. The van der Waals surface area contributed by atoms with Gasteiger partial charge in [-0.3, -0.25) is 4.79 Å². The minimum atomic E-state index is -2.15. The first-order valence-electron chi connectivity index (χ1n) is 2.55. The van der Waals surface area contributed by atoms with E-state index in [0.717, 1.165) is 0 Å². The standard InChI is InChI=1S/C5H7NO5/c6-4(9)2(5(10)11)1-3(7)8/h1,5,10-11H,(H2,6,9)(H,7,8)/b2-1+. The molecule has 6 heteroatoms. The van der Waals surface area contributed by atoms with E-state index >= 15 is 0 Å². The molecule has 0 heterocycles. The molecule has 0 spiro atoms. The Bertz CT molecular complexity index is 207. The normalized spacial score (nSPS) is 11.7. The summed E-state index contributed by atoms with van der Waals surface area (Å²) in [5.74, 6) is -2.64. The Morgan fingerprint density at radius 1 is 1.36 bits per heavy atom. The first-order chi connectivity index (χ1) is 4.95. The van der Waals surface area contributed by atoms with Crippen LogP contribution in [0.3, 0.4) is 0 Å². The Balaban J connectivity index is 4.60. The summed E-state index contributed by atoms with van der Waals surface area (Å²) >= 11 is 0. The molecule has 0 fully saturated rings. The SMILES string of the molecule is NC(=O)/C(=C\C(=O)O)C(O)O. The van der Waals surface area contributed by atoms with E-state index < -0.39 is 23.7 Å². The van der Waals surface area contributed by atoms with Crippen LogP contribution in [0.5, 0.6) is 0 Å². The highest BCUT2D eigenvalue weighted by Crippen LogP contribution is 1.97. The molecule has 0 aliphatic heterocycles. The van der Waals surface area contributed by atoms with Gasteiger partial charge in [0.2, 0.25) is 5.91 Å². The average Bonchev–Trinajstić information content (AvgIpc) is 1.81. The third-order valence-corrected chi connectivity index (χ3v) is 0.842. The quantitative estimate of drug-likeness (QED) is 0.276. The number of aliphatic hydroxyl groups is 2. The van der Waals surface area contributed by atoms with Gasteiger partial charge in [0.25, 0.3) is 0 Å². The van der Waals surface area contributed by atoms with Crippen molar-refractivity contribution in [3.05, 3.63) is 11.6 Å². The van der Waals surface area contributed by atoms with Crippen LogP contribution in [0, 0.1) is 0 Å². The molecule has 0 bridgehead atoms. The number of hydrogen-bond donors (Lipinski definition) is 4. The first kappa shape index (κ1) is 9.60. The lowest BCUT2D eigenvalue weighted by Gasteiger charge is -2.02. The molecule has 0 unspecified atom stereocenters. The van der Waals surface area contributed by atoms with Gasteiger partial charge in [-0.05, 0) is 0 Å². The van der Waals surface area contributed by atoms with Crippen molar-refractivity contribution < 1.29 is 24.9 Å². The van der Waals surface area contributed by atoms with Crippen LogP contribution in [0.25, 0.3) is 0 Å². The van der Waals surface area contributed by atoms with Gasteiger partial charge in [-0.2, -0.15) is 0 Å². The predicted molar refractivity (Wildman–Crippen MR) is 33.1 cm³/mol. The van der Waals surface area contributed by atoms with Crippen LogP contribution in [-0.4, -0.2) is 33.5 Å². The van der Waals surface area contributed by atoms with Crippen molar-refractivity contribution in [1.29, 1.82) is 0 Å². The maximum absolute atomic E-state index is 10.2. The zero-order chi connectivity index (χ0) is 9.02. The van der Waals surface area contributed by atoms with Gasteiger partial charge >= 0.3 is 5.97 Å². The van der Waals surface area contributed by atoms with Crippen molar-refractivity contribution in [2.45, 2.75) is 6.29 Å². The van der Waals surface area contributed by atoms with Gasteiger partial charge < -0.3 is 21.1 Å². The van der Waals surface area contributed by atoms with E-state index in [1.54, 1.807) is 0 Å². The maximum Gasteiger partial charge on any atom is 0.328 e. The van der Waals surface area contributed by atoms with E-state index in [1.807, 2.05) is 0 Å². The monoisotopic (exact) mass is 161 g/mol. The number of carbonyl (C=O) groups excluding carboxylic acids is 1. The van der Waals surface area contributed by atoms with Crippen LogP contribution in [0.4, 0.5) is 0 Å². The fourth-order valence-corrected chi connectivity index (χ4v) is 0.406. The molecular formula is C5H7NO5. The Hall–Kier alpha value is -1.40. The van der Waals surface area contributed by atoms with Crippen molar-refractivity contribution in [1.82, 2.24) is 0 Å². The van der Waals surface area contributed by atoms with Crippen LogP contribution in [0.1, 0.15) is 0 Å². The number of primary amides is 1. The third kappa shape index (κ3) is 3.33. The summed E-state index contributed by atoms with van der Waals surface area (Å²) in [6.45, 7) is 0. The molecular weight excluding hydrogens is 154 g/mol. The number of nitrogens with two attached hydrogens (primary N) is 1. The summed E-state index contributed by atoms with van der Waals surface area (Å²) in [6.07, 6.45) is -1.81. The molecule has 1 amide bonds. The van der Waals surface area contributed by atoms with E-state index in [1.165, 1.54) is 0 Å². The summed E-state index contributed by atoms with van der Waals surface area (Å²) in [5.41, 5.74) is 3.84. The van der Waals surface area contributed by atoms with Crippen LogP contribution < -0.4 is 5.73 Å². The second kappa shape index (κ2) is 3.69. The smallest absolute Gasteiger partial charge is 0.328 e. The number of carbonyl (C=O) groups is 2. The van der Waals surface area contributed by atoms with Crippen LogP contribution in [0.2, 0.25) is 0 Å². The Labute approximate surface area is 61.6 Å². The van der Waals surface area contributed by atoms with Crippen molar-refractivity contribution in [2.75, 3.05) is 0 Å². The fourth-order valence-electron chi connectivity index (χ4n) is 0.406. The van der Waals surface area contributed by atoms with Gasteiger partial charge in [0.05, 0.1) is 5.57 Å². The van der Waals surface area contributed by atoms with E-state index in [2.05, 4.69) is 5.73 Å². The lowest BCUT2D eigenvalue weighted by Crippen LogP contribution is -2.24. The van der Waals surface area contributed by atoms with Crippen molar-refractivity contribution >= 4 is 11.9 Å². The second-order valence-corrected chi connectivity index (χ2v) is 1.68. The number of hydrogen-bond acceptors (Lipinski definition) is 4. The lowest BCUT2D eigenvalue weighted by atomic mass is 10.2.